The van der Waals surface area contributed by atoms with Crippen molar-refractivity contribution in [2.24, 2.45) is 0 Å². The van der Waals surface area contributed by atoms with E-state index in [1.165, 1.54) is 4.90 Å². The zero-order chi connectivity index (χ0) is 17.3. The van der Waals surface area contributed by atoms with Gasteiger partial charge in [-0.3, -0.25) is 14.9 Å². The number of carbonyl (C=O) groups excluding carboxylic acids is 2. The van der Waals surface area contributed by atoms with Crippen LogP contribution in [-0.4, -0.2) is 41.0 Å². The summed E-state index contributed by atoms with van der Waals surface area (Å²) in [5, 5.41) is 11.6. The number of nitrogens with zero attached hydrogens (tertiary/aromatic N) is 1. The van der Waals surface area contributed by atoms with Crippen molar-refractivity contribution in [2.45, 2.75) is 43.9 Å². The molecule has 0 bridgehead atoms. The maximum absolute atomic E-state index is 12.5. The highest BCUT2D eigenvalue weighted by atomic mass is 16.4. The summed E-state index contributed by atoms with van der Waals surface area (Å²) < 4.78 is 0. The molecule has 1 atom stereocenters. The number of hydrogen-bond donors (Lipinski definition) is 2. The van der Waals surface area contributed by atoms with Crippen LogP contribution in [0, 0.1) is 0 Å². The Morgan fingerprint density at radius 1 is 1.25 bits per heavy atom. The molecule has 0 aliphatic carbocycles. The predicted octanol–water partition coefficient (Wildman–Crippen LogP) is 2.24. The average molecular weight is 330 g/mol. The molecule has 2 fully saturated rings. The average Bonchev–Trinajstić information content (AvgIpc) is 2.59. The fourth-order valence-electron chi connectivity index (χ4n) is 3.80. The van der Waals surface area contributed by atoms with E-state index in [4.69, 9.17) is 5.11 Å². The van der Waals surface area contributed by atoms with Crippen molar-refractivity contribution in [3.63, 3.8) is 0 Å². The number of piperidine rings is 2. The number of nitrogens with one attached hydrogen (secondary N) is 1. The van der Waals surface area contributed by atoms with Gasteiger partial charge in [0.2, 0.25) is 11.8 Å². The van der Waals surface area contributed by atoms with Gasteiger partial charge in [-0.1, -0.05) is 24.3 Å². The highest BCUT2D eigenvalue weighted by Gasteiger charge is 2.42. The van der Waals surface area contributed by atoms with Crippen molar-refractivity contribution in [2.75, 3.05) is 13.1 Å². The molecule has 3 rings (SSSR count). The summed E-state index contributed by atoms with van der Waals surface area (Å²) in [6.45, 7) is 2.91. The Labute approximate surface area is 140 Å². The summed E-state index contributed by atoms with van der Waals surface area (Å²) in [5.41, 5.74) is 1.35. The van der Waals surface area contributed by atoms with E-state index in [2.05, 4.69) is 5.32 Å². The number of benzene rings is 1. The third kappa shape index (κ3) is 2.88. The van der Waals surface area contributed by atoms with Crippen LogP contribution in [0.3, 0.4) is 0 Å². The van der Waals surface area contributed by atoms with E-state index in [1.807, 2.05) is 31.2 Å². The van der Waals surface area contributed by atoms with Crippen LogP contribution in [0.25, 0.3) is 0 Å². The maximum atomic E-state index is 12.5. The van der Waals surface area contributed by atoms with E-state index in [1.54, 1.807) is 0 Å². The summed E-state index contributed by atoms with van der Waals surface area (Å²) in [6.07, 6.45) is 1.47. The standard InChI is InChI=1S/C18H22N2O4/c1-18(9-6-15(21)19-16(18)22)14-5-3-2-4-13(14)12-7-10-20(11-8-12)17(23)24/h2-5,12H,6-11H2,1H3,(H,23,24)(H,19,21,22)/t18-/m1/s1. The van der Waals surface area contributed by atoms with Gasteiger partial charge in [-0.05, 0) is 43.2 Å². The molecular weight excluding hydrogens is 308 g/mol. The van der Waals surface area contributed by atoms with Gasteiger partial charge in [-0.25, -0.2) is 4.79 Å². The molecule has 24 heavy (non-hydrogen) atoms. The Bertz CT molecular complexity index is 679. The van der Waals surface area contributed by atoms with Gasteiger partial charge in [0.05, 0.1) is 5.41 Å². The number of rotatable bonds is 2. The minimum Gasteiger partial charge on any atom is -0.465 e. The van der Waals surface area contributed by atoms with E-state index < -0.39 is 11.5 Å². The van der Waals surface area contributed by atoms with E-state index >= 15 is 0 Å². The van der Waals surface area contributed by atoms with Crippen LogP contribution in [0.15, 0.2) is 24.3 Å². The third-order valence-electron chi connectivity index (χ3n) is 5.37. The number of amides is 3. The SMILES string of the molecule is C[C@]1(c2ccccc2C2CCN(C(=O)O)CC2)CCC(=O)NC1=O. The molecule has 128 valence electrons. The minimum absolute atomic E-state index is 0.218. The number of likely N-dealkylation sites (tertiary alicyclic amines) is 1. The second kappa shape index (κ2) is 6.26. The summed E-state index contributed by atoms with van der Waals surface area (Å²) in [5.74, 6) is -0.224. The summed E-state index contributed by atoms with van der Waals surface area (Å²) in [4.78, 5) is 36.5. The van der Waals surface area contributed by atoms with Crippen LogP contribution in [0.1, 0.15) is 49.7 Å². The first-order valence-electron chi connectivity index (χ1n) is 8.33. The predicted molar refractivity (Wildman–Crippen MR) is 87.8 cm³/mol. The molecule has 0 radical (unpaired) electrons. The molecule has 6 heteroatoms. The fourth-order valence-corrected chi connectivity index (χ4v) is 3.80. The van der Waals surface area contributed by atoms with Crippen molar-refractivity contribution < 1.29 is 19.5 Å². The van der Waals surface area contributed by atoms with Crippen LogP contribution in [0.5, 0.6) is 0 Å². The van der Waals surface area contributed by atoms with Gasteiger partial charge in [0, 0.05) is 19.5 Å². The Kier molecular flexibility index (Phi) is 4.30. The zero-order valence-electron chi connectivity index (χ0n) is 13.7. The molecule has 2 heterocycles. The van der Waals surface area contributed by atoms with Crippen molar-refractivity contribution in [3.8, 4) is 0 Å². The van der Waals surface area contributed by atoms with Crippen LogP contribution < -0.4 is 5.32 Å². The highest BCUT2D eigenvalue weighted by molar-refractivity contribution is 6.03. The largest absolute Gasteiger partial charge is 0.465 e. The molecule has 6 nitrogen and oxygen atoms in total. The molecular formula is C18H22N2O4. The van der Waals surface area contributed by atoms with E-state index in [0.29, 0.717) is 25.9 Å². The second-order valence-corrected chi connectivity index (χ2v) is 6.84. The summed E-state index contributed by atoms with van der Waals surface area (Å²) >= 11 is 0. The lowest BCUT2D eigenvalue weighted by molar-refractivity contribution is -0.137. The lowest BCUT2D eigenvalue weighted by Gasteiger charge is -2.37. The minimum atomic E-state index is -0.876. The molecule has 2 aliphatic rings. The molecule has 0 spiro atoms. The van der Waals surface area contributed by atoms with Crippen LogP contribution in [0.4, 0.5) is 4.79 Å². The van der Waals surface area contributed by atoms with Crippen LogP contribution in [0.2, 0.25) is 0 Å². The van der Waals surface area contributed by atoms with Gasteiger partial charge < -0.3 is 10.0 Å². The number of carbonyl (C=O) groups is 3. The Balaban J connectivity index is 1.88. The smallest absolute Gasteiger partial charge is 0.407 e. The first-order chi connectivity index (χ1) is 11.4. The Morgan fingerprint density at radius 2 is 1.92 bits per heavy atom. The van der Waals surface area contributed by atoms with Gasteiger partial charge in [-0.15, -0.1) is 0 Å². The van der Waals surface area contributed by atoms with E-state index in [-0.39, 0.29) is 17.7 Å². The molecule has 0 saturated carbocycles. The summed E-state index contributed by atoms with van der Waals surface area (Å²) in [6, 6.07) is 7.87. The number of imide groups is 1. The lowest BCUT2D eigenvalue weighted by atomic mass is 9.71. The summed E-state index contributed by atoms with van der Waals surface area (Å²) in [7, 11) is 0. The maximum Gasteiger partial charge on any atom is 0.407 e. The zero-order valence-corrected chi connectivity index (χ0v) is 13.7. The monoisotopic (exact) mass is 330 g/mol. The number of hydrogen-bond acceptors (Lipinski definition) is 3. The molecule has 0 unspecified atom stereocenters. The van der Waals surface area contributed by atoms with E-state index in [0.717, 1.165) is 24.0 Å². The van der Waals surface area contributed by atoms with Crippen LogP contribution in [-0.2, 0) is 15.0 Å². The van der Waals surface area contributed by atoms with E-state index in [9.17, 15) is 14.4 Å². The molecule has 2 N–H and O–H groups in total. The first-order valence-corrected chi connectivity index (χ1v) is 8.33. The molecule has 2 aliphatic heterocycles. The van der Waals surface area contributed by atoms with Crippen molar-refractivity contribution >= 4 is 17.9 Å². The molecule has 0 aromatic heterocycles. The third-order valence-corrected chi connectivity index (χ3v) is 5.37. The highest BCUT2D eigenvalue weighted by Crippen LogP contribution is 2.39. The van der Waals surface area contributed by atoms with Gasteiger partial charge in [0.25, 0.3) is 0 Å². The quantitative estimate of drug-likeness (QED) is 0.814. The Hall–Kier alpha value is -2.37. The fraction of sp³-hybridized carbons (Fsp3) is 0.500. The molecule has 1 aromatic carbocycles. The lowest BCUT2D eigenvalue weighted by Crippen LogP contribution is -2.50. The number of carboxylic acid groups (broad SMARTS) is 1. The second-order valence-electron chi connectivity index (χ2n) is 6.84. The van der Waals surface area contributed by atoms with Crippen LogP contribution >= 0.6 is 0 Å². The topological polar surface area (TPSA) is 86.7 Å². The van der Waals surface area contributed by atoms with Crippen molar-refractivity contribution in [1.82, 2.24) is 10.2 Å². The molecule has 2 saturated heterocycles. The van der Waals surface area contributed by atoms with Gasteiger partial charge in [0.1, 0.15) is 0 Å². The van der Waals surface area contributed by atoms with Gasteiger partial charge in [0.15, 0.2) is 0 Å². The molecule has 3 amide bonds. The normalized spacial score (nSPS) is 25.5. The Morgan fingerprint density at radius 3 is 2.54 bits per heavy atom. The van der Waals surface area contributed by atoms with Crippen molar-refractivity contribution in [1.29, 1.82) is 0 Å². The van der Waals surface area contributed by atoms with Gasteiger partial charge >= 0.3 is 6.09 Å². The van der Waals surface area contributed by atoms with Crippen molar-refractivity contribution in [3.05, 3.63) is 35.4 Å². The van der Waals surface area contributed by atoms with Gasteiger partial charge in [-0.2, -0.15) is 0 Å². The first kappa shape index (κ1) is 16.5. The molecule has 1 aromatic rings.